The average molecular weight is 194 g/mol. The van der Waals surface area contributed by atoms with Gasteiger partial charge in [-0.1, -0.05) is 6.92 Å². The SMILES string of the molecule is CC1CN(C2CC[C@H]3CNC[C@H]3C2)C1. The smallest absolute Gasteiger partial charge is 0.00988 e. The Morgan fingerprint density at radius 2 is 1.86 bits per heavy atom. The molecule has 80 valence electrons. The highest BCUT2D eigenvalue weighted by Gasteiger charge is 2.38. The molecule has 3 rings (SSSR count). The van der Waals surface area contributed by atoms with Gasteiger partial charge in [0, 0.05) is 19.1 Å². The van der Waals surface area contributed by atoms with Gasteiger partial charge in [0.05, 0.1) is 0 Å². The molecule has 1 saturated carbocycles. The Balaban J connectivity index is 1.57. The molecule has 1 N–H and O–H groups in total. The van der Waals surface area contributed by atoms with Gasteiger partial charge < -0.3 is 5.32 Å². The van der Waals surface area contributed by atoms with Crippen LogP contribution in [0.15, 0.2) is 0 Å². The molecule has 2 heterocycles. The molecule has 2 heteroatoms. The lowest BCUT2D eigenvalue weighted by Gasteiger charge is -2.46. The third-order valence-electron chi connectivity index (χ3n) is 4.53. The molecule has 3 atom stereocenters. The largest absolute Gasteiger partial charge is 0.316 e. The highest BCUT2D eigenvalue weighted by atomic mass is 15.2. The molecule has 1 aliphatic carbocycles. The van der Waals surface area contributed by atoms with E-state index in [0.29, 0.717) is 0 Å². The minimum Gasteiger partial charge on any atom is -0.316 e. The second kappa shape index (κ2) is 3.49. The zero-order chi connectivity index (χ0) is 9.54. The number of rotatable bonds is 1. The van der Waals surface area contributed by atoms with Crippen LogP contribution in [0.4, 0.5) is 0 Å². The Morgan fingerprint density at radius 3 is 2.64 bits per heavy atom. The van der Waals surface area contributed by atoms with Gasteiger partial charge in [-0.3, -0.25) is 4.90 Å². The van der Waals surface area contributed by atoms with Crippen molar-refractivity contribution in [1.82, 2.24) is 10.2 Å². The van der Waals surface area contributed by atoms with Gasteiger partial charge in [-0.2, -0.15) is 0 Å². The van der Waals surface area contributed by atoms with E-state index in [0.717, 1.165) is 23.8 Å². The highest BCUT2D eigenvalue weighted by Crippen LogP contribution is 2.36. The van der Waals surface area contributed by atoms with Crippen LogP contribution in [0, 0.1) is 17.8 Å². The van der Waals surface area contributed by atoms with Gasteiger partial charge in [-0.05, 0) is 50.1 Å². The first-order valence-electron chi connectivity index (χ1n) is 6.27. The second-order valence-electron chi connectivity index (χ2n) is 5.70. The third-order valence-corrected chi connectivity index (χ3v) is 4.53. The summed E-state index contributed by atoms with van der Waals surface area (Å²) in [4.78, 5) is 2.72. The van der Waals surface area contributed by atoms with Crippen molar-refractivity contribution >= 4 is 0 Å². The lowest BCUT2D eigenvalue weighted by atomic mass is 9.77. The first kappa shape index (κ1) is 9.17. The van der Waals surface area contributed by atoms with E-state index in [1.54, 1.807) is 0 Å². The van der Waals surface area contributed by atoms with Gasteiger partial charge in [0.15, 0.2) is 0 Å². The zero-order valence-electron chi connectivity index (χ0n) is 9.21. The van der Waals surface area contributed by atoms with Gasteiger partial charge in [-0.25, -0.2) is 0 Å². The minimum atomic E-state index is 0.937. The fourth-order valence-electron chi connectivity index (χ4n) is 3.65. The number of hydrogen-bond donors (Lipinski definition) is 1. The number of likely N-dealkylation sites (tertiary alicyclic amines) is 1. The summed E-state index contributed by atoms with van der Waals surface area (Å²) >= 11 is 0. The molecular weight excluding hydrogens is 172 g/mol. The summed E-state index contributed by atoms with van der Waals surface area (Å²) in [5, 5.41) is 3.55. The Morgan fingerprint density at radius 1 is 1.07 bits per heavy atom. The van der Waals surface area contributed by atoms with Crippen molar-refractivity contribution in [3.8, 4) is 0 Å². The molecule has 2 aliphatic heterocycles. The molecule has 0 amide bonds. The molecule has 3 fully saturated rings. The molecule has 2 nitrogen and oxygen atoms in total. The minimum absolute atomic E-state index is 0.937. The lowest BCUT2D eigenvalue weighted by Crippen LogP contribution is -2.53. The van der Waals surface area contributed by atoms with Crippen molar-refractivity contribution in [2.45, 2.75) is 32.2 Å². The van der Waals surface area contributed by atoms with E-state index in [1.807, 2.05) is 0 Å². The maximum Gasteiger partial charge on any atom is 0.00988 e. The summed E-state index contributed by atoms with van der Waals surface area (Å²) in [5.74, 6) is 2.99. The summed E-state index contributed by atoms with van der Waals surface area (Å²) in [7, 11) is 0. The quantitative estimate of drug-likeness (QED) is 0.677. The van der Waals surface area contributed by atoms with Crippen LogP contribution >= 0.6 is 0 Å². The normalized spacial score (nSPS) is 44.8. The molecule has 3 aliphatic rings. The molecule has 0 spiro atoms. The van der Waals surface area contributed by atoms with Crippen molar-refractivity contribution in [2.75, 3.05) is 26.2 Å². The van der Waals surface area contributed by atoms with Crippen molar-refractivity contribution in [1.29, 1.82) is 0 Å². The van der Waals surface area contributed by atoms with Gasteiger partial charge in [0.2, 0.25) is 0 Å². The zero-order valence-corrected chi connectivity index (χ0v) is 9.21. The summed E-state index contributed by atoms with van der Waals surface area (Å²) < 4.78 is 0. The Kier molecular flexibility index (Phi) is 2.29. The number of hydrogen-bond acceptors (Lipinski definition) is 2. The fraction of sp³-hybridized carbons (Fsp3) is 1.00. The molecule has 14 heavy (non-hydrogen) atoms. The highest BCUT2D eigenvalue weighted by molar-refractivity contribution is 4.93. The summed E-state index contributed by atoms with van der Waals surface area (Å²) in [6.07, 6.45) is 4.42. The predicted octanol–water partition coefficient (Wildman–Crippen LogP) is 1.33. The monoisotopic (exact) mass is 194 g/mol. The van der Waals surface area contributed by atoms with E-state index in [9.17, 15) is 0 Å². The van der Waals surface area contributed by atoms with E-state index >= 15 is 0 Å². The molecule has 0 radical (unpaired) electrons. The van der Waals surface area contributed by atoms with Gasteiger partial charge in [-0.15, -0.1) is 0 Å². The van der Waals surface area contributed by atoms with Crippen molar-refractivity contribution in [2.24, 2.45) is 17.8 Å². The van der Waals surface area contributed by atoms with Crippen LogP contribution in [0.1, 0.15) is 26.2 Å². The van der Waals surface area contributed by atoms with Gasteiger partial charge in [0.1, 0.15) is 0 Å². The van der Waals surface area contributed by atoms with E-state index in [4.69, 9.17) is 0 Å². The van der Waals surface area contributed by atoms with Crippen LogP contribution in [-0.2, 0) is 0 Å². The van der Waals surface area contributed by atoms with E-state index in [-0.39, 0.29) is 0 Å². The van der Waals surface area contributed by atoms with Crippen LogP contribution in [0.3, 0.4) is 0 Å². The second-order valence-corrected chi connectivity index (χ2v) is 5.70. The number of fused-ring (bicyclic) bond motifs is 1. The van der Waals surface area contributed by atoms with Crippen LogP contribution in [0.5, 0.6) is 0 Å². The summed E-state index contributed by atoms with van der Waals surface area (Å²) in [6, 6.07) is 0.937. The Labute approximate surface area is 87.0 Å². The molecule has 0 aromatic carbocycles. The maximum absolute atomic E-state index is 3.55. The molecule has 0 aromatic rings. The number of nitrogens with zero attached hydrogens (tertiary/aromatic N) is 1. The topological polar surface area (TPSA) is 15.3 Å². The van der Waals surface area contributed by atoms with E-state index in [1.165, 1.54) is 45.4 Å². The molecule has 0 bridgehead atoms. The van der Waals surface area contributed by atoms with Gasteiger partial charge >= 0.3 is 0 Å². The molecule has 2 saturated heterocycles. The first-order valence-corrected chi connectivity index (χ1v) is 6.27. The van der Waals surface area contributed by atoms with E-state index in [2.05, 4.69) is 17.1 Å². The van der Waals surface area contributed by atoms with Crippen LogP contribution in [0.25, 0.3) is 0 Å². The van der Waals surface area contributed by atoms with E-state index < -0.39 is 0 Å². The summed E-state index contributed by atoms with van der Waals surface area (Å²) in [5.41, 5.74) is 0. The van der Waals surface area contributed by atoms with Crippen LogP contribution < -0.4 is 5.32 Å². The average Bonchev–Trinajstić information content (AvgIpc) is 2.59. The molecular formula is C12H22N2. The Hall–Kier alpha value is -0.0800. The fourth-order valence-corrected chi connectivity index (χ4v) is 3.65. The Bertz CT molecular complexity index is 210. The first-order chi connectivity index (χ1) is 6.83. The van der Waals surface area contributed by atoms with Gasteiger partial charge in [0.25, 0.3) is 0 Å². The standard InChI is InChI=1S/C12H22N2/c1-9-7-14(8-9)12-3-2-10-5-13-6-11(10)4-12/h9-13H,2-8H2,1H3/t10-,11+,12?/m0/s1. The molecule has 0 aromatic heterocycles. The molecule has 1 unspecified atom stereocenters. The lowest BCUT2D eigenvalue weighted by molar-refractivity contribution is 0.0258. The van der Waals surface area contributed by atoms with Crippen molar-refractivity contribution < 1.29 is 0 Å². The van der Waals surface area contributed by atoms with Crippen molar-refractivity contribution in [3.05, 3.63) is 0 Å². The summed E-state index contributed by atoms with van der Waals surface area (Å²) in [6.45, 7) is 7.71. The third kappa shape index (κ3) is 1.49. The van der Waals surface area contributed by atoms with Crippen LogP contribution in [0.2, 0.25) is 0 Å². The predicted molar refractivity (Wildman–Crippen MR) is 58.2 cm³/mol. The van der Waals surface area contributed by atoms with Crippen molar-refractivity contribution in [3.63, 3.8) is 0 Å². The maximum atomic E-state index is 3.55. The number of nitrogens with one attached hydrogen (secondary N) is 1. The van der Waals surface area contributed by atoms with Crippen LogP contribution in [-0.4, -0.2) is 37.1 Å².